The molecule has 0 spiro atoms. The number of nitrogens with zero attached hydrogens (tertiary/aromatic N) is 1. The molecule has 0 saturated heterocycles. The Morgan fingerprint density at radius 1 is 1.20 bits per heavy atom. The highest BCUT2D eigenvalue weighted by Crippen LogP contribution is 2.67. The first-order chi connectivity index (χ1) is 16.4. The van der Waals surface area contributed by atoms with E-state index in [0.717, 1.165) is 12.0 Å². The minimum Gasteiger partial charge on any atom is -0.480 e. The van der Waals surface area contributed by atoms with Crippen LogP contribution in [0.4, 0.5) is 0 Å². The molecule has 194 valence electrons. The molecule has 0 bridgehead atoms. The number of carbonyl (C=O) groups is 3. The molecule has 4 N–H and O–H groups in total. The normalized spacial score (nSPS) is 42.1. The van der Waals surface area contributed by atoms with Crippen LogP contribution in [-0.4, -0.2) is 79.8 Å². The molecule has 6 unspecified atom stereocenters. The number of aliphatic hydroxyl groups excluding tert-OH is 2. The van der Waals surface area contributed by atoms with Crippen molar-refractivity contribution in [3.8, 4) is 0 Å². The van der Waals surface area contributed by atoms with Crippen molar-refractivity contribution >= 4 is 17.5 Å². The van der Waals surface area contributed by atoms with Crippen molar-refractivity contribution in [2.24, 2.45) is 28.6 Å². The van der Waals surface area contributed by atoms with E-state index in [9.17, 15) is 34.8 Å². The number of allylic oxidation sites excluding steroid dienone is 4. The summed E-state index contributed by atoms with van der Waals surface area (Å²) in [7, 11) is 0. The molecule has 0 aromatic carbocycles. The molecule has 0 aliphatic heterocycles. The Morgan fingerprint density at radius 2 is 1.86 bits per heavy atom. The van der Waals surface area contributed by atoms with E-state index in [0.29, 0.717) is 25.9 Å². The van der Waals surface area contributed by atoms with Gasteiger partial charge in [-0.3, -0.25) is 19.3 Å². The van der Waals surface area contributed by atoms with E-state index in [1.165, 1.54) is 4.90 Å². The third-order valence-electron chi connectivity index (χ3n) is 10.1. The molecular weight excluding hydrogens is 450 g/mol. The number of hydrogen-bond donors (Lipinski definition) is 4. The summed E-state index contributed by atoms with van der Waals surface area (Å²) in [5.41, 5.74) is -2.36. The van der Waals surface area contributed by atoms with Gasteiger partial charge in [-0.2, -0.15) is 0 Å². The zero-order valence-electron chi connectivity index (χ0n) is 21.1. The van der Waals surface area contributed by atoms with E-state index < -0.39 is 46.4 Å². The summed E-state index contributed by atoms with van der Waals surface area (Å²) in [4.78, 5) is 39.2. The van der Waals surface area contributed by atoms with Crippen LogP contribution in [0.25, 0.3) is 0 Å². The number of likely N-dealkylation sites (N-methyl/N-ethyl adjacent to an activating group) is 1. The predicted octanol–water partition coefficient (Wildman–Crippen LogP) is 1.72. The van der Waals surface area contributed by atoms with Crippen molar-refractivity contribution in [2.75, 3.05) is 13.1 Å². The van der Waals surface area contributed by atoms with Crippen LogP contribution in [0, 0.1) is 28.6 Å². The Labute approximate surface area is 206 Å². The maximum atomic E-state index is 13.7. The standard InChI is InChI=1S/C27H39NO7/c1-5-28(6-2)21(24(33)34)22(31)23(32)27(35)12-10-18-17-8-7-15-13-16(29)9-11-25(15,3)20(17)19(30)14-26(18,27)4/h9,11,13,17-22,30-31,35H,5-8,10,12,14H2,1-4H3,(H,33,34)/t17?,18?,19?,20?,21?,22?,25-,26-,27-/m0/s1. The van der Waals surface area contributed by atoms with Crippen LogP contribution in [0.2, 0.25) is 0 Å². The Balaban J connectivity index is 1.67. The quantitative estimate of drug-likeness (QED) is 0.425. The lowest BCUT2D eigenvalue weighted by Crippen LogP contribution is -2.65. The van der Waals surface area contributed by atoms with Crippen LogP contribution in [0.1, 0.15) is 59.8 Å². The van der Waals surface area contributed by atoms with Crippen LogP contribution >= 0.6 is 0 Å². The lowest BCUT2D eigenvalue weighted by Gasteiger charge is -2.59. The van der Waals surface area contributed by atoms with E-state index in [1.807, 2.05) is 13.0 Å². The van der Waals surface area contributed by atoms with Gasteiger partial charge < -0.3 is 20.4 Å². The second-order valence-corrected chi connectivity index (χ2v) is 11.4. The van der Waals surface area contributed by atoms with Crippen molar-refractivity contribution in [3.63, 3.8) is 0 Å². The molecule has 0 aromatic heterocycles. The molecule has 0 heterocycles. The first kappa shape index (κ1) is 26.2. The van der Waals surface area contributed by atoms with Crippen LogP contribution in [-0.2, 0) is 14.4 Å². The average Bonchev–Trinajstić information content (AvgIpc) is 3.07. The SMILES string of the molecule is CCN(CC)C(C(=O)O)C(O)C(=O)[C@@]1(O)CCC2C3CCC4=CC(=O)C=C[C@]4(C)C3C(O)C[C@@]21C. The number of aliphatic carboxylic acids is 1. The maximum Gasteiger partial charge on any atom is 0.324 e. The third-order valence-corrected chi connectivity index (χ3v) is 10.1. The van der Waals surface area contributed by atoms with Crippen molar-refractivity contribution in [2.45, 2.75) is 83.6 Å². The molecular formula is C27H39NO7. The smallest absolute Gasteiger partial charge is 0.324 e. The van der Waals surface area contributed by atoms with Gasteiger partial charge >= 0.3 is 5.97 Å². The number of Topliss-reactive ketones (excluding diaryl/α,β-unsaturated/α-hetero) is 1. The van der Waals surface area contributed by atoms with Crippen LogP contribution in [0.3, 0.4) is 0 Å². The van der Waals surface area contributed by atoms with Crippen molar-refractivity contribution < 1.29 is 34.8 Å². The molecule has 0 aromatic rings. The summed E-state index contributed by atoms with van der Waals surface area (Å²) in [5.74, 6) is -2.39. The van der Waals surface area contributed by atoms with Gasteiger partial charge in [0.15, 0.2) is 11.6 Å². The maximum absolute atomic E-state index is 13.7. The van der Waals surface area contributed by atoms with Gasteiger partial charge in [-0.05, 0) is 69.2 Å². The first-order valence-electron chi connectivity index (χ1n) is 12.9. The Bertz CT molecular complexity index is 971. The van der Waals surface area contributed by atoms with Gasteiger partial charge in [-0.1, -0.05) is 39.3 Å². The van der Waals surface area contributed by atoms with E-state index in [4.69, 9.17) is 0 Å². The summed E-state index contributed by atoms with van der Waals surface area (Å²) in [6.45, 7) is 8.06. The number of carbonyl (C=O) groups excluding carboxylic acids is 2. The summed E-state index contributed by atoms with van der Waals surface area (Å²) in [6, 6.07) is -1.45. The third kappa shape index (κ3) is 3.67. The minimum absolute atomic E-state index is 0.0285. The molecule has 8 heteroatoms. The summed E-state index contributed by atoms with van der Waals surface area (Å²) >= 11 is 0. The molecule has 4 rings (SSSR count). The van der Waals surface area contributed by atoms with Gasteiger partial charge in [-0.25, -0.2) is 0 Å². The van der Waals surface area contributed by atoms with E-state index >= 15 is 0 Å². The van der Waals surface area contributed by atoms with Crippen molar-refractivity contribution in [1.29, 1.82) is 0 Å². The van der Waals surface area contributed by atoms with Crippen LogP contribution in [0.5, 0.6) is 0 Å². The van der Waals surface area contributed by atoms with Gasteiger partial charge in [0.05, 0.1) is 6.10 Å². The Hall–Kier alpha value is -1.87. The number of hydrogen-bond acceptors (Lipinski definition) is 7. The van der Waals surface area contributed by atoms with Gasteiger partial charge in [0.2, 0.25) is 0 Å². The van der Waals surface area contributed by atoms with Gasteiger partial charge in [-0.15, -0.1) is 0 Å². The first-order valence-corrected chi connectivity index (χ1v) is 12.9. The van der Waals surface area contributed by atoms with Crippen LogP contribution < -0.4 is 0 Å². The molecule has 0 radical (unpaired) electrons. The fraction of sp³-hybridized carbons (Fsp3) is 0.741. The van der Waals surface area contributed by atoms with E-state index in [-0.39, 0.29) is 36.4 Å². The van der Waals surface area contributed by atoms with Crippen molar-refractivity contribution in [1.82, 2.24) is 4.90 Å². The van der Waals surface area contributed by atoms with Gasteiger partial charge in [0.25, 0.3) is 0 Å². The van der Waals surface area contributed by atoms with E-state index in [2.05, 4.69) is 6.92 Å². The monoisotopic (exact) mass is 489 g/mol. The highest BCUT2D eigenvalue weighted by molar-refractivity contribution is 6.01. The number of ketones is 2. The second kappa shape index (κ2) is 8.91. The van der Waals surface area contributed by atoms with Gasteiger partial charge in [0.1, 0.15) is 17.7 Å². The van der Waals surface area contributed by atoms with Gasteiger partial charge in [0, 0.05) is 16.7 Å². The number of fused-ring (bicyclic) bond motifs is 5. The largest absolute Gasteiger partial charge is 0.480 e. The predicted molar refractivity (Wildman–Crippen MR) is 128 cm³/mol. The molecule has 35 heavy (non-hydrogen) atoms. The number of rotatable bonds is 7. The van der Waals surface area contributed by atoms with Crippen molar-refractivity contribution in [3.05, 3.63) is 23.8 Å². The minimum atomic E-state index is -1.93. The molecule has 4 aliphatic carbocycles. The fourth-order valence-corrected chi connectivity index (χ4v) is 8.23. The van der Waals surface area contributed by atoms with Crippen LogP contribution in [0.15, 0.2) is 23.8 Å². The molecule has 3 saturated carbocycles. The summed E-state index contributed by atoms with van der Waals surface area (Å²) in [5, 5.41) is 44.1. The lowest BCUT2D eigenvalue weighted by atomic mass is 9.46. The molecule has 9 atom stereocenters. The number of carboxylic acids is 1. The highest BCUT2D eigenvalue weighted by atomic mass is 16.4. The lowest BCUT2D eigenvalue weighted by molar-refractivity contribution is -0.186. The summed E-state index contributed by atoms with van der Waals surface area (Å²) in [6.07, 6.45) is 4.76. The van der Waals surface area contributed by atoms with E-state index in [1.54, 1.807) is 26.0 Å². The number of carboxylic acid groups (broad SMARTS) is 1. The fourth-order valence-electron chi connectivity index (χ4n) is 8.23. The second-order valence-electron chi connectivity index (χ2n) is 11.4. The average molecular weight is 490 g/mol. The summed E-state index contributed by atoms with van der Waals surface area (Å²) < 4.78 is 0. The topological polar surface area (TPSA) is 135 Å². The zero-order valence-corrected chi connectivity index (χ0v) is 21.1. The Morgan fingerprint density at radius 3 is 2.46 bits per heavy atom. The molecule has 0 amide bonds. The molecule has 3 fully saturated rings. The number of aliphatic hydroxyl groups is 3. The highest BCUT2D eigenvalue weighted by Gasteiger charge is 2.69. The Kier molecular flexibility index (Phi) is 6.67. The zero-order chi connectivity index (χ0) is 25.9. The molecule has 4 aliphatic rings. The molecule has 8 nitrogen and oxygen atoms in total.